The average molecular weight is 434 g/mol. The van der Waals surface area contributed by atoms with Crippen LogP contribution < -0.4 is 5.32 Å². The van der Waals surface area contributed by atoms with Gasteiger partial charge in [0.25, 0.3) is 0 Å². The maximum absolute atomic E-state index is 3.66. The molecule has 0 saturated carbocycles. The minimum atomic E-state index is 0.469. The van der Waals surface area contributed by atoms with Crippen LogP contribution in [0.4, 0.5) is 5.69 Å². The van der Waals surface area contributed by atoms with E-state index in [0.717, 1.165) is 0 Å². The fraction of sp³-hybridized carbons (Fsp3) is 0.286. The van der Waals surface area contributed by atoms with E-state index in [1.54, 1.807) is 0 Å². The van der Waals surface area contributed by atoms with Gasteiger partial charge in [0.2, 0.25) is 0 Å². The third-order valence-electron chi connectivity index (χ3n) is 3.27. The van der Waals surface area contributed by atoms with Crippen molar-refractivity contribution >= 4 is 55.5 Å². The van der Waals surface area contributed by atoms with Crippen LogP contribution in [-0.2, 0) is 6.42 Å². The first-order valence-electron chi connectivity index (χ1n) is 6.02. The van der Waals surface area contributed by atoms with Crippen LogP contribution in [0.25, 0.3) is 0 Å². The van der Waals surface area contributed by atoms with Crippen molar-refractivity contribution in [3.8, 4) is 0 Å². The zero-order valence-electron chi connectivity index (χ0n) is 9.75. The molecule has 94 valence electrons. The molecular weight excluding hydrogens is 421 g/mol. The van der Waals surface area contributed by atoms with Gasteiger partial charge in [0.05, 0.1) is 9.83 Å². The number of aryl methyl sites for hydroxylation is 1. The van der Waals surface area contributed by atoms with Gasteiger partial charge in [0.15, 0.2) is 0 Å². The van der Waals surface area contributed by atoms with Gasteiger partial charge in [-0.3, -0.25) is 0 Å². The Morgan fingerprint density at radius 2 is 2.06 bits per heavy atom. The van der Waals surface area contributed by atoms with Gasteiger partial charge in [0.1, 0.15) is 0 Å². The summed E-state index contributed by atoms with van der Waals surface area (Å²) < 4.78 is 2.53. The van der Waals surface area contributed by atoms with E-state index in [1.807, 2.05) is 11.3 Å². The molecule has 3 rings (SSSR count). The highest BCUT2D eigenvalue weighted by Gasteiger charge is 2.22. The molecule has 1 aromatic carbocycles. The Bertz CT molecular complexity index is 549. The molecule has 1 aliphatic rings. The van der Waals surface area contributed by atoms with Crippen LogP contribution in [0, 0.1) is 3.57 Å². The van der Waals surface area contributed by atoms with E-state index in [4.69, 9.17) is 0 Å². The Labute approximate surface area is 133 Å². The van der Waals surface area contributed by atoms with E-state index < -0.39 is 0 Å². The summed E-state index contributed by atoms with van der Waals surface area (Å²) in [5.41, 5.74) is 2.70. The third-order valence-corrected chi connectivity index (χ3v) is 5.70. The first-order chi connectivity index (χ1) is 8.72. The SMILES string of the molecule is Brc1cc2c(s1)CCCC2Nc1ccc(I)cc1. The lowest BCUT2D eigenvalue weighted by Crippen LogP contribution is -2.15. The number of nitrogens with one attached hydrogen (secondary N) is 1. The predicted molar refractivity (Wildman–Crippen MR) is 90.5 cm³/mol. The Morgan fingerprint density at radius 1 is 1.28 bits per heavy atom. The predicted octanol–water partition coefficient (Wildman–Crippen LogP) is 5.60. The van der Waals surface area contributed by atoms with Crippen molar-refractivity contribution in [3.63, 3.8) is 0 Å². The number of hydrogen-bond donors (Lipinski definition) is 1. The fourth-order valence-corrected chi connectivity index (χ4v) is 4.60. The molecule has 0 radical (unpaired) electrons. The van der Waals surface area contributed by atoms with Crippen LogP contribution in [0.15, 0.2) is 34.1 Å². The summed E-state index contributed by atoms with van der Waals surface area (Å²) in [4.78, 5) is 1.54. The molecule has 1 atom stereocenters. The molecule has 0 amide bonds. The fourth-order valence-electron chi connectivity index (χ4n) is 2.42. The van der Waals surface area contributed by atoms with Crippen LogP contribution in [0.5, 0.6) is 0 Å². The van der Waals surface area contributed by atoms with Gasteiger partial charge in [0, 0.05) is 14.1 Å². The van der Waals surface area contributed by atoms with Gasteiger partial charge in [-0.05, 0) is 93.7 Å². The van der Waals surface area contributed by atoms with Crippen molar-refractivity contribution in [3.05, 3.63) is 48.1 Å². The Kier molecular flexibility index (Phi) is 3.96. The van der Waals surface area contributed by atoms with E-state index in [0.29, 0.717) is 6.04 Å². The van der Waals surface area contributed by atoms with Crippen LogP contribution in [-0.4, -0.2) is 0 Å². The molecule has 4 heteroatoms. The number of thiophene rings is 1. The molecule has 18 heavy (non-hydrogen) atoms. The Hall–Kier alpha value is -0.0700. The molecule has 1 heterocycles. The molecule has 0 saturated heterocycles. The van der Waals surface area contributed by atoms with E-state index >= 15 is 0 Å². The molecular formula is C14H13BrINS. The molecule has 1 unspecified atom stereocenters. The summed E-state index contributed by atoms with van der Waals surface area (Å²) >= 11 is 7.83. The first-order valence-corrected chi connectivity index (χ1v) is 8.71. The van der Waals surface area contributed by atoms with Gasteiger partial charge in [-0.2, -0.15) is 0 Å². The maximum Gasteiger partial charge on any atom is 0.0705 e. The molecule has 1 aliphatic carbocycles. The number of rotatable bonds is 2. The summed E-state index contributed by atoms with van der Waals surface area (Å²) in [6.45, 7) is 0. The maximum atomic E-state index is 3.66. The van der Waals surface area contributed by atoms with Gasteiger partial charge < -0.3 is 5.32 Å². The van der Waals surface area contributed by atoms with Gasteiger partial charge in [-0.25, -0.2) is 0 Å². The molecule has 0 spiro atoms. The summed E-state index contributed by atoms with van der Waals surface area (Å²) in [7, 11) is 0. The highest BCUT2D eigenvalue weighted by atomic mass is 127. The van der Waals surface area contributed by atoms with Crippen molar-refractivity contribution in [2.45, 2.75) is 25.3 Å². The van der Waals surface area contributed by atoms with E-state index in [1.165, 1.54) is 42.7 Å². The lowest BCUT2D eigenvalue weighted by molar-refractivity contribution is 0.609. The monoisotopic (exact) mass is 433 g/mol. The minimum absolute atomic E-state index is 0.469. The van der Waals surface area contributed by atoms with E-state index in [9.17, 15) is 0 Å². The summed E-state index contributed by atoms with van der Waals surface area (Å²) in [6.07, 6.45) is 3.74. The molecule has 1 N–H and O–H groups in total. The molecule has 1 nitrogen and oxygen atoms in total. The molecule has 0 fully saturated rings. The number of halogens is 2. The smallest absolute Gasteiger partial charge is 0.0705 e. The third kappa shape index (κ3) is 2.75. The first kappa shape index (κ1) is 12.9. The second-order valence-electron chi connectivity index (χ2n) is 4.53. The van der Waals surface area contributed by atoms with Crippen molar-refractivity contribution in [1.29, 1.82) is 0 Å². The average Bonchev–Trinajstić information content (AvgIpc) is 2.73. The van der Waals surface area contributed by atoms with Crippen molar-refractivity contribution in [1.82, 2.24) is 0 Å². The van der Waals surface area contributed by atoms with Gasteiger partial charge >= 0.3 is 0 Å². The van der Waals surface area contributed by atoms with Crippen LogP contribution in [0.1, 0.15) is 29.3 Å². The molecule has 1 aromatic heterocycles. The number of hydrogen-bond acceptors (Lipinski definition) is 2. The minimum Gasteiger partial charge on any atom is -0.378 e. The van der Waals surface area contributed by atoms with Crippen molar-refractivity contribution < 1.29 is 0 Å². The number of benzene rings is 1. The van der Waals surface area contributed by atoms with Crippen LogP contribution in [0.3, 0.4) is 0 Å². The molecule has 2 aromatic rings. The number of anilines is 1. The summed E-state index contributed by atoms with van der Waals surface area (Å²) in [5, 5.41) is 3.66. The summed E-state index contributed by atoms with van der Waals surface area (Å²) in [5.74, 6) is 0. The number of fused-ring (bicyclic) bond motifs is 1. The quantitative estimate of drug-likeness (QED) is 0.607. The molecule has 0 aliphatic heterocycles. The normalized spacial score (nSPS) is 18.4. The lowest BCUT2D eigenvalue weighted by Gasteiger charge is -2.24. The summed E-state index contributed by atoms with van der Waals surface area (Å²) in [6, 6.07) is 11.4. The van der Waals surface area contributed by atoms with Crippen LogP contribution >= 0.6 is 49.9 Å². The standard InChI is InChI=1S/C14H13BrINS/c15-14-8-11-12(2-1-3-13(11)18-14)17-10-6-4-9(16)5-7-10/h4-8,12,17H,1-3H2. The second-order valence-corrected chi connectivity index (χ2v) is 8.29. The van der Waals surface area contributed by atoms with Crippen molar-refractivity contribution in [2.24, 2.45) is 0 Å². The zero-order chi connectivity index (χ0) is 12.5. The van der Waals surface area contributed by atoms with Crippen LogP contribution in [0.2, 0.25) is 0 Å². The molecule has 0 bridgehead atoms. The highest BCUT2D eigenvalue weighted by molar-refractivity contribution is 14.1. The van der Waals surface area contributed by atoms with Gasteiger partial charge in [-0.1, -0.05) is 0 Å². The highest BCUT2D eigenvalue weighted by Crippen LogP contribution is 2.39. The van der Waals surface area contributed by atoms with E-state index in [2.05, 4.69) is 74.2 Å². The Balaban J connectivity index is 1.83. The largest absolute Gasteiger partial charge is 0.378 e. The Morgan fingerprint density at radius 3 is 2.83 bits per heavy atom. The van der Waals surface area contributed by atoms with Crippen molar-refractivity contribution in [2.75, 3.05) is 5.32 Å². The lowest BCUT2D eigenvalue weighted by atomic mass is 9.94. The van der Waals surface area contributed by atoms with Gasteiger partial charge in [-0.15, -0.1) is 11.3 Å². The zero-order valence-corrected chi connectivity index (χ0v) is 14.3. The van der Waals surface area contributed by atoms with E-state index in [-0.39, 0.29) is 0 Å². The topological polar surface area (TPSA) is 12.0 Å². The second kappa shape index (κ2) is 5.51.